The van der Waals surface area contributed by atoms with Gasteiger partial charge in [-0.2, -0.15) is 0 Å². The zero-order valence-electron chi connectivity index (χ0n) is 11.3. The van der Waals surface area contributed by atoms with E-state index in [1.54, 1.807) is 18.4 Å². The summed E-state index contributed by atoms with van der Waals surface area (Å²) in [5, 5.41) is 5.66. The fourth-order valence-electron chi connectivity index (χ4n) is 1.99. The molecule has 0 spiro atoms. The van der Waals surface area contributed by atoms with Crippen molar-refractivity contribution in [1.29, 1.82) is 0 Å². The predicted molar refractivity (Wildman–Crippen MR) is 76.0 cm³/mol. The van der Waals surface area contributed by atoms with Crippen molar-refractivity contribution in [1.82, 2.24) is 5.32 Å². The van der Waals surface area contributed by atoms with E-state index in [1.807, 2.05) is 0 Å². The van der Waals surface area contributed by atoms with Gasteiger partial charge in [-0.1, -0.05) is 39.5 Å². The van der Waals surface area contributed by atoms with Gasteiger partial charge in [-0.3, -0.25) is 0 Å². The Morgan fingerprint density at radius 2 is 2.12 bits per heavy atom. The maximum absolute atomic E-state index is 5.25. The number of hydrogen-bond donors (Lipinski definition) is 1. The number of thiophene rings is 1. The monoisotopic (exact) mass is 255 g/mol. The molecule has 1 atom stereocenters. The van der Waals surface area contributed by atoms with E-state index < -0.39 is 0 Å². The maximum atomic E-state index is 5.25. The average Bonchev–Trinajstić information content (AvgIpc) is 2.82. The predicted octanol–water partition coefficient (Wildman–Crippen LogP) is 4.38. The summed E-state index contributed by atoms with van der Waals surface area (Å²) in [4.78, 5) is 1.40. The van der Waals surface area contributed by atoms with E-state index in [1.165, 1.54) is 37.0 Å². The van der Waals surface area contributed by atoms with Crippen molar-refractivity contribution >= 4 is 11.3 Å². The molecule has 0 fully saturated rings. The normalized spacial score (nSPS) is 12.6. The molecular weight excluding hydrogens is 230 g/mol. The zero-order valence-corrected chi connectivity index (χ0v) is 12.1. The fourth-order valence-corrected chi connectivity index (χ4v) is 2.96. The van der Waals surface area contributed by atoms with Gasteiger partial charge >= 0.3 is 0 Å². The van der Waals surface area contributed by atoms with Gasteiger partial charge in [0.2, 0.25) is 0 Å². The second-order valence-electron chi connectivity index (χ2n) is 4.35. The fraction of sp³-hybridized carbons (Fsp3) is 0.714. The Hall–Kier alpha value is -0.540. The first-order valence-electron chi connectivity index (χ1n) is 6.67. The van der Waals surface area contributed by atoms with E-state index >= 15 is 0 Å². The summed E-state index contributed by atoms with van der Waals surface area (Å²) in [6.07, 6.45) is 6.55. The van der Waals surface area contributed by atoms with Crippen LogP contribution in [0.15, 0.2) is 11.4 Å². The molecule has 0 aliphatic rings. The average molecular weight is 255 g/mol. The molecule has 0 radical (unpaired) electrons. The third kappa shape index (κ3) is 5.09. The Kier molecular flexibility index (Phi) is 7.29. The Labute approximate surface area is 109 Å². The van der Waals surface area contributed by atoms with Gasteiger partial charge in [-0.25, -0.2) is 0 Å². The van der Waals surface area contributed by atoms with Crippen molar-refractivity contribution in [2.75, 3.05) is 13.7 Å². The van der Waals surface area contributed by atoms with Gasteiger partial charge in [0.25, 0.3) is 0 Å². The van der Waals surface area contributed by atoms with Gasteiger partial charge in [-0.05, 0) is 19.0 Å². The van der Waals surface area contributed by atoms with E-state index in [0.29, 0.717) is 6.04 Å². The first-order chi connectivity index (χ1) is 8.31. The molecule has 2 nitrogen and oxygen atoms in total. The molecule has 3 heteroatoms. The van der Waals surface area contributed by atoms with E-state index in [-0.39, 0.29) is 0 Å². The van der Waals surface area contributed by atoms with Crippen LogP contribution >= 0.6 is 11.3 Å². The van der Waals surface area contributed by atoms with E-state index in [4.69, 9.17) is 4.74 Å². The third-order valence-corrected chi connectivity index (χ3v) is 4.00. The SMILES string of the molecule is CCCCCCC(NCC)c1cc(OC)cs1. The standard InChI is InChI=1S/C14H25NOS/c1-4-6-7-8-9-13(15-5-2)14-10-12(16-3)11-17-14/h10-11,13,15H,4-9H2,1-3H3. The molecule has 98 valence electrons. The number of ether oxygens (including phenoxy) is 1. The van der Waals surface area contributed by atoms with Gasteiger partial charge in [-0.15, -0.1) is 11.3 Å². The lowest BCUT2D eigenvalue weighted by atomic mass is 10.1. The minimum atomic E-state index is 0.505. The summed E-state index contributed by atoms with van der Waals surface area (Å²) in [6, 6.07) is 2.67. The highest BCUT2D eigenvalue weighted by atomic mass is 32.1. The highest BCUT2D eigenvalue weighted by Gasteiger charge is 2.12. The van der Waals surface area contributed by atoms with Crippen molar-refractivity contribution in [3.63, 3.8) is 0 Å². The lowest BCUT2D eigenvalue weighted by molar-refractivity contribution is 0.415. The van der Waals surface area contributed by atoms with Crippen LogP contribution in [0.4, 0.5) is 0 Å². The van der Waals surface area contributed by atoms with Crippen LogP contribution in [0, 0.1) is 0 Å². The van der Waals surface area contributed by atoms with Crippen LogP contribution in [0.25, 0.3) is 0 Å². The van der Waals surface area contributed by atoms with Gasteiger partial charge in [0, 0.05) is 16.3 Å². The molecule has 0 aliphatic carbocycles. The first kappa shape index (κ1) is 14.5. The molecule has 1 N–H and O–H groups in total. The van der Waals surface area contributed by atoms with Gasteiger partial charge < -0.3 is 10.1 Å². The smallest absolute Gasteiger partial charge is 0.129 e. The largest absolute Gasteiger partial charge is 0.496 e. The van der Waals surface area contributed by atoms with Crippen LogP contribution in [0.1, 0.15) is 56.9 Å². The van der Waals surface area contributed by atoms with Gasteiger partial charge in [0.05, 0.1) is 7.11 Å². The Balaban J connectivity index is 2.46. The van der Waals surface area contributed by atoms with Crippen molar-refractivity contribution in [2.24, 2.45) is 0 Å². The summed E-state index contributed by atoms with van der Waals surface area (Å²) < 4.78 is 5.25. The summed E-state index contributed by atoms with van der Waals surface area (Å²) >= 11 is 1.80. The summed E-state index contributed by atoms with van der Waals surface area (Å²) in [5.41, 5.74) is 0. The van der Waals surface area contributed by atoms with E-state index in [9.17, 15) is 0 Å². The number of methoxy groups -OCH3 is 1. The quantitative estimate of drug-likeness (QED) is 0.661. The second kappa shape index (κ2) is 8.54. The molecule has 1 aromatic heterocycles. The topological polar surface area (TPSA) is 21.3 Å². The molecule has 0 saturated carbocycles. The van der Waals surface area contributed by atoms with E-state index in [2.05, 4.69) is 30.6 Å². The van der Waals surface area contributed by atoms with Crippen molar-refractivity contribution in [3.8, 4) is 5.75 Å². The lowest BCUT2D eigenvalue weighted by Gasteiger charge is -2.16. The van der Waals surface area contributed by atoms with Gasteiger partial charge in [0.15, 0.2) is 0 Å². The number of hydrogen-bond acceptors (Lipinski definition) is 3. The molecule has 0 saturated heterocycles. The molecule has 1 rings (SSSR count). The Bertz CT molecular complexity index is 298. The summed E-state index contributed by atoms with van der Waals surface area (Å²) in [7, 11) is 1.73. The number of rotatable bonds is 9. The van der Waals surface area contributed by atoms with Crippen molar-refractivity contribution in [2.45, 2.75) is 52.0 Å². The van der Waals surface area contributed by atoms with E-state index in [0.717, 1.165) is 12.3 Å². The number of nitrogens with one attached hydrogen (secondary N) is 1. The van der Waals surface area contributed by atoms with Gasteiger partial charge in [0.1, 0.15) is 5.75 Å². The van der Waals surface area contributed by atoms with Crippen LogP contribution in [0.3, 0.4) is 0 Å². The van der Waals surface area contributed by atoms with Crippen molar-refractivity contribution in [3.05, 3.63) is 16.3 Å². The molecule has 0 aliphatic heterocycles. The number of unbranched alkanes of at least 4 members (excludes halogenated alkanes) is 3. The van der Waals surface area contributed by atoms with Crippen LogP contribution in [0.2, 0.25) is 0 Å². The van der Waals surface area contributed by atoms with Crippen LogP contribution in [0.5, 0.6) is 5.75 Å². The second-order valence-corrected chi connectivity index (χ2v) is 5.29. The minimum absolute atomic E-state index is 0.505. The van der Waals surface area contributed by atoms with Crippen LogP contribution < -0.4 is 10.1 Å². The maximum Gasteiger partial charge on any atom is 0.129 e. The molecule has 0 amide bonds. The Morgan fingerprint density at radius 1 is 1.29 bits per heavy atom. The lowest BCUT2D eigenvalue weighted by Crippen LogP contribution is -2.19. The molecular formula is C14H25NOS. The summed E-state index contributed by atoms with van der Waals surface area (Å²) in [5.74, 6) is 0.987. The minimum Gasteiger partial charge on any atom is -0.496 e. The molecule has 1 heterocycles. The van der Waals surface area contributed by atoms with Crippen molar-refractivity contribution < 1.29 is 4.74 Å². The molecule has 1 unspecified atom stereocenters. The molecule has 0 bridgehead atoms. The summed E-state index contributed by atoms with van der Waals surface area (Å²) in [6.45, 7) is 5.45. The third-order valence-electron chi connectivity index (χ3n) is 2.97. The highest BCUT2D eigenvalue weighted by molar-refractivity contribution is 7.10. The molecule has 0 aromatic carbocycles. The highest BCUT2D eigenvalue weighted by Crippen LogP contribution is 2.29. The van der Waals surface area contributed by atoms with Crippen LogP contribution in [-0.2, 0) is 0 Å². The molecule has 17 heavy (non-hydrogen) atoms. The zero-order chi connectivity index (χ0) is 12.5. The molecule has 1 aromatic rings. The Morgan fingerprint density at radius 3 is 2.71 bits per heavy atom. The first-order valence-corrected chi connectivity index (χ1v) is 7.55. The van der Waals surface area contributed by atoms with Crippen LogP contribution in [-0.4, -0.2) is 13.7 Å².